The van der Waals surface area contributed by atoms with E-state index in [1.54, 1.807) is 7.05 Å². The third-order valence-electron chi connectivity index (χ3n) is 3.65. The number of hydrogen-bond acceptors (Lipinski definition) is 4. The molecule has 5 nitrogen and oxygen atoms in total. The maximum absolute atomic E-state index is 12.0. The molecule has 1 N–H and O–H groups in total. The summed E-state index contributed by atoms with van der Waals surface area (Å²) in [5, 5.41) is 4.29. The van der Waals surface area contributed by atoms with Crippen molar-refractivity contribution in [3.05, 3.63) is 29.5 Å². The van der Waals surface area contributed by atoms with Gasteiger partial charge in [0, 0.05) is 24.0 Å². The van der Waals surface area contributed by atoms with Gasteiger partial charge in [0.05, 0.1) is 5.52 Å². The van der Waals surface area contributed by atoms with Crippen LogP contribution < -0.4 is 10.2 Å². The van der Waals surface area contributed by atoms with Gasteiger partial charge in [0.2, 0.25) is 5.91 Å². The van der Waals surface area contributed by atoms with Crippen LogP contribution in [0.2, 0.25) is 5.02 Å². The Morgan fingerprint density at radius 1 is 1.45 bits per heavy atom. The summed E-state index contributed by atoms with van der Waals surface area (Å²) in [6.45, 7) is 0.826. The van der Waals surface area contributed by atoms with E-state index in [0.717, 1.165) is 36.1 Å². The average Bonchev–Trinajstić information content (AvgIpc) is 2.94. The number of halogens is 1. The van der Waals surface area contributed by atoms with Crippen molar-refractivity contribution in [3.63, 3.8) is 0 Å². The first-order chi connectivity index (χ1) is 9.70. The van der Waals surface area contributed by atoms with Crippen molar-refractivity contribution in [3.8, 4) is 0 Å². The molecule has 0 radical (unpaired) electrons. The fourth-order valence-electron chi connectivity index (χ4n) is 2.70. The fraction of sp³-hybridized carbons (Fsp3) is 0.357. The molecule has 1 aromatic carbocycles. The first-order valence-electron chi connectivity index (χ1n) is 6.59. The maximum Gasteiger partial charge on any atom is 0.242 e. The van der Waals surface area contributed by atoms with Crippen molar-refractivity contribution >= 4 is 34.2 Å². The Kier molecular flexibility index (Phi) is 3.44. The predicted octanol–water partition coefficient (Wildman–Crippen LogP) is 2.00. The van der Waals surface area contributed by atoms with Crippen molar-refractivity contribution in [2.24, 2.45) is 0 Å². The Hall–Kier alpha value is -1.88. The van der Waals surface area contributed by atoms with E-state index < -0.39 is 0 Å². The summed E-state index contributed by atoms with van der Waals surface area (Å²) in [6, 6.07) is 5.38. The Morgan fingerprint density at radius 2 is 2.30 bits per heavy atom. The molecular weight excluding hydrogens is 276 g/mol. The minimum atomic E-state index is -0.159. The van der Waals surface area contributed by atoms with Crippen molar-refractivity contribution in [1.82, 2.24) is 15.3 Å². The molecule has 1 aliphatic rings. The number of likely N-dealkylation sites (N-methyl/N-ethyl adjacent to an activating group) is 1. The van der Waals surface area contributed by atoms with Crippen molar-refractivity contribution < 1.29 is 4.79 Å². The van der Waals surface area contributed by atoms with Crippen LogP contribution in [0.25, 0.3) is 10.9 Å². The summed E-state index contributed by atoms with van der Waals surface area (Å²) >= 11 is 5.99. The summed E-state index contributed by atoms with van der Waals surface area (Å²) < 4.78 is 0. The van der Waals surface area contributed by atoms with Crippen LogP contribution in [0.5, 0.6) is 0 Å². The second-order valence-electron chi connectivity index (χ2n) is 4.82. The summed E-state index contributed by atoms with van der Waals surface area (Å²) in [6.07, 6.45) is 3.35. The highest BCUT2D eigenvalue weighted by Crippen LogP contribution is 2.30. The highest BCUT2D eigenvalue weighted by Gasteiger charge is 2.31. The molecule has 6 heteroatoms. The number of rotatable bonds is 2. The molecular formula is C14H15ClN4O. The summed E-state index contributed by atoms with van der Waals surface area (Å²) in [7, 11) is 1.66. The summed E-state index contributed by atoms with van der Waals surface area (Å²) in [5.74, 6) is 0.834. The zero-order chi connectivity index (χ0) is 14.1. The van der Waals surface area contributed by atoms with Gasteiger partial charge >= 0.3 is 0 Å². The topological polar surface area (TPSA) is 58.1 Å². The van der Waals surface area contributed by atoms with Gasteiger partial charge in [0.25, 0.3) is 0 Å². The highest BCUT2D eigenvalue weighted by molar-refractivity contribution is 6.31. The van der Waals surface area contributed by atoms with Crippen LogP contribution in [0.3, 0.4) is 0 Å². The maximum atomic E-state index is 12.0. The van der Waals surface area contributed by atoms with Crippen LogP contribution in [0, 0.1) is 0 Å². The number of hydrogen-bond donors (Lipinski definition) is 1. The largest absolute Gasteiger partial charge is 0.357 e. The highest BCUT2D eigenvalue weighted by atomic mass is 35.5. The molecule has 1 aromatic heterocycles. The van der Waals surface area contributed by atoms with Gasteiger partial charge in [-0.3, -0.25) is 4.79 Å². The van der Waals surface area contributed by atoms with Crippen LogP contribution >= 0.6 is 11.6 Å². The molecule has 1 unspecified atom stereocenters. The SMILES string of the molecule is CNC(=O)C1CCCN1c1ncnc2cc(Cl)ccc12. The second kappa shape index (κ2) is 5.25. The van der Waals surface area contributed by atoms with E-state index in [2.05, 4.69) is 20.2 Å². The minimum absolute atomic E-state index is 0.0308. The molecule has 104 valence electrons. The molecule has 1 aliphatic heterocycles. The Balaban J connectivity index is 2.07. The monoisotopic (exact) mass is 290 g/mol. The number of anilines is 1. The smallest absolute Gasteiger partial charge is 0.242 e. The van der Waals surface area contributed by atoms with Gasteiger partial charge in [-0.05, 0) is 31.0 Å². The third kappa shape index (κ3) is 2.18. The first kappa shape index (κ1) is 13.1. The number of aromatic nitrogens is 2. The average molecular weight is 291 g/mol. The number of fused-ring (bicyclic) bond motifs is 1. The van der Waals surface area contributed by atoms with Gasteiger partial charge in [-0.2, -0.15) is 0 Å². The van der Waals surface area contributed by atoms with Crippen molar-refractivity contribution in [2.45, 2.75) is 18.9 Å². The van der Waals surface area contributed by atoms with Gasteiger partial charge in [-0.1, -0.05) is 11.6 Å². The standard InChI is InChI=1S/C14H15ClN4O/c1-16-14(20)12-3-2-6-19(12)13-10-5-4-9(15)7-11(10)17-8-18-13/h4-5,7-8,12H,2-3,6H2,1H3,(H,16,20). The number of carbonyl (C=O) groups excluding carboxylic acids is 1. The minimum Gasteiger partial charge on any atom is -0.357 e. The van der Waals surface area contributed by atoms with Crippen LogP contribution in [0.4, 0.5) is 5.82 Å². The van der Waals surface area contributed by atoms with Gasteiger partial charge in [-0.15, -0.1) is 0 Å². The van der Waals surface area contributed by atoms with Crippen LogP contribution in [0.15, 0.2) is 24.5 Å². The summed E-state index contributed by atoms with van der Waals surface area (Å²) in [4.78, 5) is 22.6. The van der Waals surface area contributed by atoms with Gasteiger partial charge in [0.1, 0.15) is 18.2 Å². The lowest BCUT2D eigenvalue weighted by Crippen LogP contribution is -2.42. The summed E-state index contributed by atoms with van der Waals surface area (Å²) in [5.41, 5.74) is 0.796. The second-order valence-corrected chi connectivity index (χ2v) is 5.26. The molecule has 1 atom stereocenters. The van der Waals surface area contributed by atoms with Gasteiger partial charge in [-0.25, -0.2) is 9.97 Å². The molecule has 2 heterocycles. The Bertz CT molecular complexity index is 661. The first-order valence-corrected chi connectivity index (χ1v) is 6.97. The number of carbonyl (C=O) groups is 1. The van der Waals surface area contributed by atoms with E-state index in [-0.39, 0.29) is 11.9 Å². The zero-order valence-electron chi connectivity index (χ0n) is 11.1. The molecule has 1 amide bonds. The molecule has 0 aliphatic carbocycles. The number of nitrogens with zero attached hydrogens (tertiary/aromatic N) is 3. The number of nitrogens with one attached hydrogen (secondary N) is 1. The molecule has 20 heavy (non-hydrogen) atoms. The molecule has 0 saturated carbocycles. The van der Waals surface area contributed by atoms with E-state index in [0.29, 0.717) is 5.02 Å². The Morgan fingerprint density at radius 3 is 3.10 bits per heavy atom. The molecule has 1 fully saturated rings. The fourth-order valence-corrected chi connectivity index (χ4v) is 2.87. The van der Waals surface area contributed by atoms with Crippen molar-refractivity contribution in [1.29, 1.82) is 0 Å². The molecule has 0 bridgehead atoms. The number of amides is 1. The number of benzene rings is 1. The van der Waals surface area contributed by atoms with Crippen LogP contribution in [0.1, 0.15) is 12.8 Å². The van der Waals surface area contributed by atoms with Crippen molar-refractivity contribution in [2.75, 3.05) is 18.5 Å². The van der Waals surface area contributed by atoms with Crippen LogP contribution in [-0.4, -0.2) is 35.5 Å². The predicted molar refractivity (Wildman–Crippen MR) is 79.0 cm³/mol. The quantitative estimate of drug-likeness (QED) is 0.919. The molecule has 2 aromatic rings. The van der Waals surface area contributed by atoms with Gasteiger partial charge in [0.15, 0.2) is 0 Å². The zero-order valence-corrected chi connectivity index (χ0v) is 11.9. The van der Waals surface area contributed by atoms with Crippen LogP contribution in [-0.2, 0) is 4.79 Å². The normalized spacial score (nSPS) is 18.5. The van der Waals surface area contributed by atoms with E-state index in [4.69, 9.17) is 11.6 Å². The lowest BCUT2D eigenvalue weighted by Gasteiger charge is -2.25. The molecule has 3 rings (SSSR count). The van der Waals surface area contributed by atoms with E-state index in [1.165, 1.54) is 6.33 Å². The molecule has 0 spiro atoms. The lowest BCUT2D eigenvalue weighted by molar-refractivity contribution is -0.121. The van der Waals surface area contributed by atoms with E-state index >= 15 is 0 Å². The molecule has 1 saturated heterocycles. The third-order valence-corrected chi connectivity index (χ3v) is 3.89. The van der Waals surface area contributed by atoms with Gasteiger partial charge < -0.3 is 10.2 Å². The Labute approximate surface area is 122 Å². The lowest BCUT2D eigenvalue weighted by atomic mass is 10.2. The van der Waals surface area contributed by atoms with E-state index in [1.807, 2.05) is 18.2 Å². The van der Waals surface area contributed by atoms with E-state index in [9.17, 15) is 4.79 Å².